The second kappa shape index (κ2) is 59.5. The Labute approximate surface area is 488 Å². The first-order valence-electron chi connectivity index (χ1n) is 32.4. The Morgan fingerprint density at radius 2 is 0.785 bits per heavy atom. The molecule has 0 heterocycles. The molecule has 0 aliphatic rings. The van der Waals surface area contributed by atoms with Crippen LogP contribution < -0.4 is 10.2 Å². The van der Waals surface area contributed by atoms with Crippen LogP contribution in [0.2, 0.25) is 0 Å². The number of phosphoric ester groups is 1. The van der Waals surface area contributed by atoms with Crippen LogP contribution in [0.25, 0.3) is 0 Å². The van der Waals surface area contributed by atoms with Crippen molar-refractivity contribution < 1.29 is 32.9 Å². The number of aliphatic hydroxyl groups excluding tert-OH is 1. The molecular formula is C70H123N2O6P. The molecule has 0 radical (unpaired) electrons. The Balaban J connectivity index is 4.28. The van der Waals surface area contributed by atoms with Gasteiger partial charge >= 0.3 is 0 Å². The molecule has 0 aromatic heterocycles. The Morgan fingerprint density at radius 3 is 1.18 bits per heavy atom. The number of phosphoric acid groups is 1. The highest BCUT2D eigenvalue weighted by molar-refractivity contribution is 7.45. The lowest BCUT2D eigenvalue weighted by atomic mass is 10.0. The number of nitrogens with one attached hydrogen (secondary N) is 1. The summed E-state index contributed by atoms with van der Waals surface area (Å²) in [5, 5.41) is 13.9. The second-order valence-corrected chi connectivity index (χ2v) is 24.1. The van der Waals surface area contributed by atoms with Gasteiger partial charge in [-0.05, 0) is 103 Å². The third-order valence-electron chi connectivity index (χ3n) is 13.9. The van der Waals surface area contributed by atoms with Crippen LogP contribution in [0, 0.1) is 0 Å². The molecule has 0 saturated heterocycles. The Bertz CT molecular complexity index is 1700. The van der Waals surface area contributed by atoms with Gasteiger partial charge in [0.05, 0.1) is 39.9 Å². The molecule has 0 saturated carbocycles. The van der Waals surface area contributed by atoms with E-state index in [-0.39, 0.29) is 12.5 Å². The van der Waals surface area contributed by atoms with Gasteiger partial charge in [0.25, 0.3) is 7.82 Å². The van der Waals surface area contributed by atoms with Gasteiger partial charge in [0, 0.05) is 6.42 Å². The molecule has 0 bridgehead atoms. The molecule has 0 aliphatic carbocycles. The van der Waals surface area contributed by atoms with E-state index >= 15 is 0 Å². The SMILES string of the molecule is CC/C=C\C/C=C\C/C=C\C/C=C\C/C=C\C/C=C\C/C=C\CCCCCCCC(=O)NC(COP(=O)([O-])OCC[N+](C)(C)C)C(O)/C=C/CC/C=C/CC/C=C/CCCCCCCCCCCCCCCCCCCCCC. The van der Waals surface area contributed by atoms with Crippen LogP contribution in [0.1, 0.15) is 264 Å². The minimum absolute atomic E-state index is 0.0200. The molecule has 0 aliphatic heterocycles. The molecule has 9 heteroatoms. The fraction of sp³-hybridized carbons (Fsp3) is 0.700. The van der Waals surface area contributed by atoms with E-state index in [0.717, 1.165) is 109 Å². The van der Waals surface area contributed by atoms with Gasteiger partial charge in [0.2, 0.25) is 5.91 Å². The molecule has 454 valence electrons. The van der Waals surface area contributed by atoms with Crippen molar-refractivity contribution in [2.24, 2.45) is 0 Å². The zero-order chi connectivity index (χ0) is 57.7. The zero-order valence-corrected chi connectivity index (χ0v) is 52.7. The minimum atomic E-state index is -4.63. The van der Waals surface area contributed by atoms with E-state index < -0.39 is 26.6 Å². The van der Waals surface area contributed by atoms with Gasteiger partial charge in [0.15, 0.2) is 0 Å². The number of aliphatic hydroxyl groups is 1. The number of amides is 1. The molecule has 3 unspecified atom stereocenters. The summed E-state index contributed by atoms with van der Waals surface area (Å²) in [4.78, 5) is 25.6. The number of quaternary nitrogens is 1. The summed E-state index contributed by atoms with van der Waals surface area (Å²) in [6.45, 7) is 4.50. The van der Waals surface area contributed by atoms with Crippen LogP contribution in [0.15, 0.2) is 122 Å². The third kappa shape index (κ3) is 62.4. The van der Waals surface area contributed by atoms with Crippen molar-refractivity contribution in [3.8, 4) is 0 Å². The minimum Gasteiger partial charge on any atom is -0.756 e. The molecule has 2 N–H and O–H groups in total. The van der Waals surface area contributed by atoms with Crippen LogP contribution in [-0.4, -0.2) is 68.5 Å². The molecule has 0 spiro atoms. The quantitative estimate of drug-likeness (QED) is 0.0272. The Hall–Kier alpha value is -3.10. The number of unbranched alkanes of at least 4 members (excludes halogenated alkanes) is 27. The van der Waals surface area contributed by atoms with Crippen molar-refractivity contribution in [2.45, 2.75) is 276 Å². The zero-order valence-electron chi connectivity index (χ0n) is 51.8. The summed E-state index contributed by atoms with van der Waals surface area (Å²) in [6, 6.07) is -0.932. The molecular weight excluding hydrogens is 996 g/mol. The van der Waals surface area contributed by atoms with Crippen molar-refractivity contribution in [1.82, 2.24) is 5.32 Å². The van der Waals surface area contributed by atoms with Gasteiger partial charge in [-0.25, -0.2) is 0 Å². The number of rotatable bonds is 58. The largest absolute Gasteiger partial charge is 0.756 e. The highest BCUT2D eigenvalue weighted by atomic mass is 31.2. The van der Waals surface area contributed by atoms with Crippen molar-refractivity contribution in [3.63, 3.8) is 0 Å². The van der Waals surface area contributed by atoms with E-state index in [9.17, 15) is 19.4 Å². The number of hydrogen-bond donors (Lipinski definition) is 2. The average molecular weight is 1120 g/mol. The second-order valence-electron chi connectivity index (χ2n) is 22.7. The lowest BCUT2D eigenvalue weighted by molar-refractivity contribution is -0.870. The van der Waals surface area contributed by atoms with Gasteiger partial charge in [-0.1, -0.05) is 277 Å². The van der Waals surface area contributed by atoms with E-state index in [1.807, 2.05) is 27.2 Å². The first kappa shape index (κ1) is 75.9. The van der Waals surface area contributed by atoms with E-state index in [4.69, 9.17) is 9.05 Å². The van der Waals surface area contributed by atoms with E-state index in [0.29, 0.717) is 17.4 Å². The maximum absolute atomic E-state index is 13.0. The normalized spacial score (nSPS) is 14.6. The summed E-state index contributed by atoms with van der Waals surface area (Å²) < 4.78 is 23.4. The van der Waals surface area contributed by atoms with Crippen molar-refractivity contribution in [3.05, 3.63) is 122 Å². The Kier molecular flexibility index (Phi) is 57.2. The molecule has 79 heavy (non-hydrogen) atoms. The summed E-state index contributed by atoms with van der Waals surface area (Å²) in [6.07, 6.45) is 88.8. The van der Waals surface area contributed by atoms with Crippen LogP contribution in [0.5, 0.6) is 0 Å². The van der Waals surface area contributed by atoms with Gasteiger partial charge < -0.3 is 28.8 Å². The number of nitrogens with zero attached hydrogens (tertiary/aromatic N) is 1. The van der Waals surface area contributed by atoms with Gasteiger partial charge in [-0.15, -0.1) is 0 Å². The molecule has 0 aromatic rings. The number of carbonyl (C=O) groups excluding carboxylic acids is 1. The van der Waals surface area contributed by atoms with Crippen LogP contribution >= 0.6 is 7.82 Å². The number of allylic oxidation sites excluding steroid dienone is 19. The average Bonchev–Trinajstić information content (AvgIpc) is 3.42. The molecule has 0 aromatic carbocycles. The van der Waals surface area contributed by atoms with E-state index in [2.05, 4.69) is 129 Å². The highest BCUT2D eigenvalue weighted by Crippen LogP contribution is 2.38. The summed E-state index contributed by atoms with van der Waals surface area (Å²) >= 11 is 0. The third-order valence-corrected chi connectivity index (χ3v) is 14.8. The maximum atomic E-state index is 13.0. The van der Waals surface area contributed by atoms with Gasteiger partial charge in [0.1, 0.15) is 13.2 Å². The monoisotopic (exact) mass is 1120 g/mol. The Morgan fingerprint density at radius 1 is 0.456 bits per heavy atom. The lowest BCUT2D eigenvalue weighted by Gasteiger charge is -2.29. The molecule has 1 amide bonds. The van der Waals surface area contributed by atoms with Gasteiger partial charge in [-0.3, -0.25) is 9.36 Å². The van der Waals surface area contributed by atoms with E-state index in [1.54, 1.807) is 6.08 Å². The maximum Gasteiger partial charge on any atom is 0.268 e. The predicted octanol–water partition coefficient (Wildman–Crippen LogP) is 19.9. The fourth-order valence-electron chi connectivity index (χ4n) is 8.87. The topological polar surface area (TPSA) is 108 Å². The number of likely N-dealkylation sites (N-methyl/N-ethyl adjacent to an activating group) is 1. The molecule has 8 nitrogen and oxygen atoms in total. The molecule has 0 rings (SSSR count). The first-order chi connectivity index (χ1) is 38.5. The summed E-state index contributed by atoms with van der Waals surface area (Å²) in [5.41, 5.74) is 0. The summed E-state index contributed by atoms with van der Waals surface area (Å²) in [7, 11) is 1.21. The first-order valence-corrected chi connectivity index (χ1v) is 33.9. The number of hydrogen-bond acceptors (Lipinski definition) is 6. The van der Waals surface area contributed by atoms with Crippen LogP contribution in [0.3, 0.4) is 0 Å². The van der Waals surface area contributed by atoms with Crippen molar-refractivity contribution in [1.29, 1.82) is 0 Å². The lowest BCUT2D eigenvalue weighted by Crippen LogP contribution is -2.45. The highest BCUT2D eigenvalue weighted by Gasteiger charge is 2.23. The number of carbonyl (C=O) groups is 1. The predicted molar refractivity (Wildman–Crippen MR) is 343 cm³/mol. The smallest absolute Gasteiger partial charge is 0.268 e. The molecule has 0 fully saturated rings. The van der Waals surface area contributed by atoms with Gasteiger partial charge in [-0.2, -0.15) is 0 Å². The standard InChI is InChI=1S/C70H123N2O6P/c1-6-8-10-12-14-16-18-20-22-24-26-28-30-32-34-35-36-38-39-41-43-45-47-49-51-53-55-57-59-61-63-69(73)68(67-78-79(75,76)77-66-65-72(3,4)5)71-70(74)64-62-60-58-56-54-52-50-48-46-44-42-40-37-33-31-29-27-25-23-21-19-17-15-13-11-9-7-2/h9,11,15,17,21,23,27,29,33,37,42,44-45,47-48,50,53,55,61,63,68-69,73H,6-8,10,12-14,16,18-20,22,24-26,28,30-32,34-36,38-41,43,46,49,51-52,54,56-60,62,64-67H2,1-5H3,(H-,71,74,75,76)/b11-9-,17-15-,23-21-,29-27-,37-33-,44-42-,47-45+,50-48-,55-53+,63-61+. The van der Waals surface area contributed by atoms with Crippen LogP contribution in [0.4, 0.5) is 0 Å². The van der Waals surface area contributed by atoms with Crippen LogP contribution in [-0.2, 0) is 18.4 Å². The van der Waals surface area contributed by atoms with Crippen molar-refractivity contribution >= 4 is 13.7 Å². The van der Waals surface area contributed by atoms with Crippen molar-refractivity contribution in [2.75, 3.05) is 40.9 Å². The van der Waals surface area contributed by atoms with E-state index in [1.165, 1.54) is 135 Å². The fourth-order valence-corrected chi connectivity index (χ4v) is 9.60. The summed E-state index contributed by atoms with van der Waals surface area (Å²) in [5.74, 6) is -0.234. The molecule has 3 atom stereocenters.